The smallest absolute Gasteiger partial charge is 0.0437 e. The summed E-state index contributed by atoms with van der Waals surface area (Å²) in [7, 11) is 0. The molecule has 0 fully saturated rings. The first kappa shape index (κ1) is 12.6. The molecule has 0 spiro atoms. The summed E-state index contributed by atoms with van der Waals surface area (Å²) >= 11 is 0. The third-order valence-corrected chi connectivity index (χ3v) is 4.48. The molecule has 0 saturated heterocycles. The van der Waals surface area contributed by atoms with Gasteiger partial charge in [-0.25, -0.2) is 0 Å². The Labute approximate surface area is 104 Å². The van der Waals surface area contributed by atoms with Gasteiger partial charge in [0.25, 0.3) is 0 Å². The SMILES string of the molecule is CC(C)(N)C1(CCO)CCc2ccccc2C1. The van der Waals surface area contributed by atoms with E-state index in [9.17, 15) is 5.11 Å². The van der Waals surface area contributed by atoms with Crippen molar-refractivity contribution in [3.8, 4) is 0 Å². The molecule has 1 unspecified atom stereocenters. The second kappa shape index (κ2) is 4.43. The zero-order valence-electron chi connectivity index (χ0n) is 10.9. The number of fused-ring (bicyclic) bond motifs is 1. The van der Waals surface area contributed by atoms with E-state index in [2.05, 4.69) is 38.1 Å². The van der Waals surface area contributed by atoms with E-state index in [-0.39, 0.29) is 17.6 Å². The molecule has 0 heterocycles. The van der Waals surface area contributed by atoms with E-state index in [0.717, 1.165) is 25.7 Å². The van der Waals surface area contributed by atoms with Crippen molar-refractivity contribution in [1.29, 1.82) is 0 Å². The Morgan fingerprint density at radius 2 is 1.94 bits per heavy atom. The number of aryl methyl sites for hydroxylation is 1. The van der Waals surface area contributed by atoms with E-state index >= 15 is 0 Å². The van der Waals surface area contributed by atoms with Crippen LogP contribution in [0.15, 0.2) is 24.3 Å². The van der Waals surface area contributed by atoms with Crippen molar-refractivity contribution in [2.75, 3.05) is 6.61 Å². The Balaban J connectivity index is 2.34. The first-order chi connectivity index (χ1) is 7.98. The maximum atomic E-state index is 9.34. The molecule has 1 aromatic rings. The summed E-state index contributed by atoms with van der Waals surface area (Å²) in [4.78, 5) is 0. The summed E-state index contributed by atoms with van der Waals surface area (Å²) in [6, 6.07) is 8.61. The standard InChI is InChI=1S/C15H23NO/c1-14(2,16)15(9-10-17)8-7-12-5-3-4-6-13(12)11-15/h3-6,17H,7-11,16H2,1-2H3. The average molecular weight is 233 g/mol. The summed E-state index contributed by atoms with van der Waals surface area (Å²) in [6.07, 6.45) is 3.95. The van der Waals surface area contributed by atoms with Crippen molar-refractivity contribution in [3.63, 3.8) is 0 Å². The molecule has 0 bridgehead atoms. The Hall–Kier alpha value is -0.860. The fourth-order valence-corrected chi connectivity index (χ4v) is 3.10. The third-order valence-electron chi connectivity index (χ3n) is 4.48. The number of rotatable bonds is 3. The summed E-state index contributed by atoms with van der Waals surface area (Å²) in [5, 5.41) is 9.34. The largest absolute Gasteiger partial charge is 0.396 e. The van der Waals surface area contributed by atoms with Crippen LogP contribution in [0.4, 0.5) is 0 Å². The molecule has 17 heavy (non-hydrogen) atoms. The Kier molecular flexibility index (Phi) is 3.28. The number of nitrogens with two attached hydrogens (primary N) is 1. The highest BCUT2D eigenvalue weighted by atomic mass is 16.3. The topological polar surface area (TPSA) is 46.2 Å². The van der Waals surface area contributed by atoms with Gasteiger partial charge >= 0.3 is 0 Å². The van der Waals surface area contributed by atoms with Gasteiger partial charge < -0.3 is 10.8 Å². The van der Waals surface area contributed by atoms with Gasteiger partial charge in [-0.15, -0.1) is 0 Å². The minimum atomic E-state index is -0.247. The number of aliphatic hydroxyl groups is 1. The molecule has 1 aromatic carbocycles. The molecule has 2 heteroatoms. The van der Waals surface area contributed by atoms with Gasteiger partial charge in [-0.3, -0.25) is 0 Å². The highest BCUT2D eigenvalue weighted by molar-refractivity contribution is 5.32. The second-order valence-electron chi connectivity index (χ2n) is 5.92. The van der Waals surface area contributed by atoms with E-state index in [1.54, 1.807) is 0 Å². The molecule has 1 aliphatic rings. The zero-order valence-corrected chi connectivity index (χ0v) is 10.9. The van der Waals surface area contributed by atoms with Gasteiger partial charge in [-0.2, -0.15) is 0 Å². The van der Waals surface area contributed by atoms with Gasteiger partial charge in [0.15, 0.2) is 0 Å². The van der Waals surface area contributed by atoms with Gasteiger partial charge in [0, 0.05) is 12.1 Å². The summed E-state index contributed by atoms with van der Waals surface area (Å²) in [5.74, 6) is 0. The molecule has 0 aromatic heterocycles. The van der Waals surface area contributed by atoms with Crippen LogP contribution in [-0.4, -0.2) is 17.3 Å². The minimum absolute atomic E-state index is 0.0378. The first-order valence-electron chi connectivity index (χ1n) is 6.45. The fraction of sp³-hybridized carbons (Fsp3) is 0.600. The average Bonchev–Trinajstić information content (AvgIpc) is 2.28. The Morgan fingerprint density at radius 3 is 2.53 bits per heavy atom. The van der Waals surface area contributed by atoms with E-state index < -0.39 is 0 Å². The van der Waals surface area contributed by atoms with Crippen molar-refractivity contribution < 1.29 is 5.11 Å². The molecule has 0 saturated carbocycles. The molecule has 2 rings (SSSR count). The molecule has 0 amide bonds. The van der Waals surface area contributed by atoms with Crippen LogP contribution in [0.5, 0.6) is 0 Å². The lowest BCUT2D eigenvalue weighted by atomic mass is 9.60. The van der Waals surface area contributed by atoms with Gasteiger partial charge in [-0.05, 0) is 56.1 Å². The van der Waals surface area contributed by atoms with E-state index in [4.69, 9.17) is 5.73 Å². The van der Waals surface area contributed by atoms with Gasteiger partial charge in [0.05, 0.1) is 0 Å². The summed E-state index contributed by atoms with van der Waals surface area (Å²) in [6.45, 7) is 4.41. The lowest BCUT2D eigenvalue weighted by Gasteiger charge is -2.47. The third kappa shape index (κ3) is 2.24. The van der Waals surface area contributed by atoms with Crippen LogP contribution in [0.3, 0.4) is 0 Å². The van der Waals surface area contributed by atoms with E-state index in [1.165, 1.54) is 11.1 Å². The Morgan fingerprint density at radius 1 is 1.29 bits per heavy atom. The molecule has 0 aliphatic heterocycles. The molecular weight excluding hydrogens is 210 g/mol. The maximum absolute atomic E-state index is 9.34. The number of hydrogen-bond donors (Lipinski definition) is 2. The lowest BCUT2D eigenvalue weighted by molar-refractivity contribution is 0.0825. The molecule has 1 atom stereocenters. The van der Waals surface area contributed by atoms with Crippen LogP contribution in [0.1, 0.15) is 37.8 Å². The number of benzene rings is 1. The monoisotopic (exact) mass is 233 g/mol. The van der Waals surface area contributed by atoms with Crippen molar-refractivity contribution in [2.24, 2.45) is 11.1 Å². The molecular formula is C15H23NO. The van der Waals surface area contributed by atoms with Crippen LogP contribution < -0.4 is 5.73 Å². The molecule has 3 N–H and O–H groups in total. The highest BCUT2D eigenvalue weighted by Crippen LogP contribution is 2.44. The van der Waals surface area contributed by atoms with Gasteiger partial charge in [-0.1, -0.05) is 24.3 Å². The van der Waals surface area contributed by atoms with Crippen LogP contribution in [0.2, 0.25) is 0 Å². The normalized spacial score (nSPS) is 24.5. The Bertz CT molecular complexity index is 394. The predicted octanol–water partition coefficient (Wildman–Crippen LogP) is 2.28. The summed E-state index contributed by atoms with van der Waals surface area (Å²) < 4.78 is 0. The number of aliphatic hydroxyl groups excluding tert-OH is 1. The van der Waals surface area contributed by atoms with Crippen LogP contribution in [0, 0.1) is 5.41 Å². The van der Waals surface area contributed by atoms with Crippen molar-refractivity contribution >= 4 is 0 Å². The lowest BCUT2D eigenvalue weighted by Crippen LogP contribution is -2.54. The van der Waals surface area contributed by atoms with Crippen molar-refractivity contribution in [3.05, 3.63) is 35.4 Å². The van der Waals surface area contributed by atoms with Crippen LogP contribution in [0.25, 0.3) is 0 Å². The van der Waals surface area contributed by atoms with Gasteiger partial charge in [0.1, 0.15) is 0 Å². The van der Waals surface area contributed by atoms with Crippen LogP contribution in [-0.2, 0) is 12.8 Å². The second-order valence-corrected chi connectivity index (χ2v) is 5.92. The van der Waals surface area contributed by atoms with Crippen molar-refractivity contribution in [1.82, 2.24) is 0 Å². The molecule has 0 radical (unpaired) electrons. The predicted molar refractivity (Wildman–Crippen MR) is 70.9 cm³/mol. The maximum Gasteiger partial charge on any atom is 0.0437 e. The first-order valence-corrected chi connectivity index (χ1v) is 6.45. The molecule has 94 valence electrons. The quantitative estimate of drug-likeness (QED) is 0.841. The number of hydrogen-bond acceptors (Lipinski definition) is 2. The van der Waals surface area contributed by atoms with Crippen molar-refractivity contribution in [2.45, 2.75) is 45.1 Å². The fourth-order valence-electron chi connectivity index (χ4n) is 3.10. The van der Waals surface area contributed by atoms with E-state index in [1.807, 2.05) is 0 Å². The van der Waals surface area contributed by atoms with Gasteiger partial charge in [0.2, 0.25) is 0 Å². The molecule has 2 nitrogen and oxygen atoms in total. The molecule has 1 aliphatic carbocycles. The van der Waals surface area contributed by atoms with E-state index in [0.29, 0.717) is 0 Å². The minimum Gasteiger partial charge on any atom is -0.396 e. The highest BCUT2D eigenvalue weighted by Gasteiger charge is 2.43. The summed E-state index contributed by atoms with van der Waals surface area (Å²) in [5.41, 5.74) is 9.03. The van der Waals surface area contributed by atoms with Crippen LogP contribution >= 0.6 is 0 Å². The zero-order chi connectivity index (χ0) is 12.5.